The Morgan fingerprint density at radius 3 is 2.62 bits per heavy atom. The lowest BCUT2D eigenvalue weighted by Gasteiger charge is -2.04. The molecule has 0 atom stereocenters. The molecule has 0 saturated heterocycles. The van der Waals surface area contributed by atoms with Gasteiger partial charge < -0.3 is 15.4 Å². The van der Waals surface area contributed by atoms with Crippen molar-refractivity contribution in [1.82, 2.24) is 10.3 Å². The number of aromatic hydroxyl groups is 1. The zero-order chi connectivity index (χ0) is 17.1. The van der Waals surface area contributed by atoms with E-state index in [2.05, 4.69) is 36.3 Å². The molecule has 1 heterocycles. The third-order valence-electron chi connectivity index (χ3n) is 4.20. The molecule has 1 amide bonds. The first-order valence-corrected chi connectivity index (χ1v) is 8.19. The minimum absolute atomic E-state index is 0.0750. The lowest BCUT2D eigenvalue weighted by atomic mass is 10.1. The number of fused-ring (bicyclic) bond motifs is 1. The van der Waals surface area contributed by atoms with Crippen molar-refractivity contribution < 1.29 is 9.90 Å². The molecular formula is C20H22N2O2. The predicted octanol–water partition coefficient (Wildman–Crippen LogP) is 3.85. The van der Waals surface area contributed by atoms with Crippen molar-refractivity contribution in [2.75, 3.05) is 6.54 Å². The second-order valence-corrected chi connectivity index (χ2v) is 6.25. The van der Waals surface area contributed by atoms with Gasteiger partial charge in [-0.1, -0.05) is 18.2 Å². The molecule has 0 aliphatic carbocycles. The number of amides is 1. The number of benzene rings is 2. The van der Waals surface area contributed by atoms with Gasteiger partial charge in [0.15, 0.2) is 0 Å². The Morgan fingerprint density at radius 2 is 1.88 bits per heavy atom. The molecule has 3 aromatic rings. The second-order valence-electron chi connectivity index (χ2n) is 6.25. The summed E-state index contributed by atoms with van der Waals surface area (Å²) in [6.07, 6.45) is 1.72. The molecule has 3 rings (SSSR count). The third-order valence-corrected chi connectivity index (χ3v) is 4.20. The Hall–Kier alpha value is -2.75. The Balaban J connectivity index is 1.57. The van der Waals surface area contributed by atoms with Gasteiger partial charge in [0, 0.05) is 17.4 Å². The Bertz CT molecular complexity index is 863. The molecule has 4 nitrogen and oxygen atoms in total. The van der Waals surface area contributed by atoms with Gasteiger partial charge in [-0.25, -0.2) is 0 Å². The summed E-state index contributed by atoms with van der Waals surface area (Å²) in [7, 11) is 0. The number of aromatic amines is 1. The summed E-state index contributed by atoms with van der Waals surface area (Å²) in [5.41, 5.74) is 5.11. The molecule has 0 aliphatic rings. The number of carbonyl (C=O) groups is 1. The largest absolute Gasteiger partial charge is 0.508 e. The van der Waals surface area contributed by atoms with Gasteiger partial charge in [0.2, 0.25) is 0 Å². The number of aryl methyl sites for hydroxylation is 3. The van der Waals surface area contributed by atoms with Crippen molar-refractivity contribution in [2.24, 2.45) is 0 Å². The topological polar surface area (TPSA) is 65.1 Å². The lowest BCUT2D eigenvalue weighted by molar-refractivity contribution is 0.0949. The van der Waals surface area contributed by atoms with Crippen molar-refractivity contribution in [2.45, 2.75) is 26.7 Å². The smallest absolute Gasteiger partial charge is 0.267 e. The van der Waals surface area contributed by atoms with E-state index in [4.69, 9.17) is 0 Å². The van der Waals surface area contributed by atoms with Crippen LogP contribution in [0.1, 0.15) is 33.6 Å². The van der Waals surface area contributed by atoms with E-state index >= 15 is 0 Å². The molecule has 0 aliphatic heterocycles. The molecule has 3 N–H and O–H groups in total. The molecule has 2 aromatic carbocycles. The molecule has 0 radical (unpaired) electrons. The number of nitrogens with one attached hydrogen (secondary N) is 2. The number of aromatic nitrogens is 1. The number of phenolic OH excluding ortho intramolecular Hbond substituents is 1. The van der Waals surface area contributed by atoms with E-state index in [0.717, 1.165) is 29.3 Å². The predicted molar refractivity (Wildman–Crippen MR) is 96.5 cm³/mol. The fourth-order valence-electron chi connectivity index (χ4n) is 2.97. The number of carbonyl (C=O) groups excluding carboxylic acids is 1. The van der Waals surface area contributed by atoms with Gasteiger partial charge in [-0.2, -0.15) is 0 Å². The van der Waals surface area contributed by atoms with Gasteiger partial charge in [0.05, 0.1) is 0 Å². The maximum Gasteiger partial charge on any atom is 0.267 e. The normalized spacial score (nSPS) is 10.9. The zero-order valence-electron chi connectivity index (χ0n) is 14.0. The molecule has 0 spiro atoms. The second kappa shape index (κ2) is 6.79. The van der Waals surface area contributed by atoms with Crippen LogP contribution in [0.4, 0.5) is 0 Å². The quantitative estimate of drug-likeness (QED) is 0.625. The van der Waals surface area contributed by atoms with Gasteiger partial charge in [-0.3, -0.25) is 4.79 Å². The van der Waals surface area contributed by atoms with Gasteiger partial charge >= 0.3 is 0 Å². The maximum atomic E-state index is 12.3. The highest BCUT2D eigenvalue weighted by atomic mass is 16.3. The van der Waals surface area contributed by atoms with E-state index in [1.807, 2.05) is 18.2 Å². The van der Waals surface area contributed by atoms with Crippen molar-refractivity contribution in [1.29, 1.82) is 0 Å². The van der Waals surface area contributed by atoms with E-state index in [1.54, 1.807) is 12.1 Å². The van der Waals surface area contributed by atoms with Crippen LogP contribution >= 0.6 is 0 Å². The zero-order valence-corrected chi connectivity index (χ0v) is 14.0. The standard InChI is InChI=1S/C20H22N2O2/c1-13-10-14(2)17-12-19(22-18(17)11-13)20(24)21-9-3-4-15-5-7-16(23)8-6-15/h5-8,10-12,22-23H,3-4,9H2,1-2H3,(H,21,24). The van der Waals surface area contributed by atoms with Gasteiger partial charge in [-0.05, 0) is 67.6 Å². The average Bonchev–Trinajstić information content (AvgIpc) is 2.97. The van der Waals surface area contributed by atoms with Crippen LogP contribution in [0.5, 0.6) is 5.75 Å². The van der Waals surface area contributed by atoms with Crippen LogP contribution in [0, 0.1) is 13.8 Å². The van der Waals surface area contributed by atoms with Gasteiger partial charge in [0.1, 0.15) is 11.4 Å². The van der Waals surface area contributed by atoms with E-state index < -0.39 is 0 Å². The van der Waals surface area contributed by atoms with Crippen molar-refractivity contribution in [3.8, 4) is 5.75 Å². The van der Waals surface area contributed by atoms with Crippen molar-refractivity contribution >= 4 is 16.8 Å². The molecule has 1 aromatic heterocycles. The summed E-state index contributed by atoms with van der Waals surface area (Å²) in [5.74, 6) is 0.199. The Kier molecular flexibility index (Phi) is 4.56. The minimum atomic E-state index is -0.0750. The molecule has 4 heteroatoms. The summed E-state index contributed by atoms with van der Waals surface area (Å²) in [6.45, 7) is 4.73. The first kappa shape index (κ1) is 16.1. The highest BCUT2D eigenvalue weighted by Gasteiger charge is 2.10. The lowest BCUT2D eigenvalue weighted by Crippen LogP contribution is -2.25. The SMILES string of the molecule is Cc1cc(C)c2cc(C(=O)NCCCc3ccc(O)cc3)[nH]c2c1. The highest BCUT2D eigenvalue weighted by Crippen LogP contribution is 2.21. The van der Waals surface area contributed by atoms with Crippen LogP contribution < -0.4 is 5.32 Å². The first-order chi connectivity index (χ1) is 11.5. The van der Waals surface area contributed by atoms with Crippen LogP contribution in [-0.4, -0.2) is 22.5 Å². The minimum Gasteiger partial charge on any atom is -0.508 e. The summed E-state index contributed by atoms with van der Waals surface area (Å²) in [4.78, 5) is 15.5. The van der Waals surface area contributed by atoms with Crippen LogP contribution in [0.2, 0.25) is 0 Å². The summed E-state index contributed by atoms with van der Waals surface area (Å²) >= 11 is 0. The van der Waals surface area contributed by atoms with E-state index in [9.17, 15) is 9.90 Å². The molecule has 0 saturated carbocycles. The number of hydrogen-bond acceptors (Lipinski definition) is 2. The van der Waals surface area contributed by atoms with Crippen LogP contribution in [0.15, 0.2) is 42.5 Å². The van der Waals surface area contributed by atoms with Gasteiger partial charge in [-0.15, -0.1) is 0 Å². The van der Waals surface area contributed by atoms with Crippen molar-refractivity contribution in [3.63, 3.8) is 0 Å². The van der Waals surface area contributed by atoms with Crippen LogP contribution in [0.3, 0.4) is 0 Å². The summed E-state index contributed by atoms with van der Waals surface area (Å²) < 4.78 is 0. The molecule has 124 valence electrons. The Labute approximate surface area is 141 Å². The first-order valence-electron chi connectivity index (χ1n) is 8.19. The Morgan fingerprint density at radius 1 is 1.12 bits per heavy atom. The van der Waals surface area contributed by atoms with Crippen LogP contribution in [-0.2, 0) is 6.42 Å². The van der Waals surface area contributed by atoms with Gasteiger partial charge in [0.25, 0.3) is 5.91 Å². The highest BCUT2D eigenvalue weighted by molar-refractivity contribution is 5.98. The fourth-order valence-corrected chi connectivity index (χ4v) is 2.97. The summed E-state index contributed by atoms with van der Waals surface area (Å²) in [6, 6.07) is 13.3. The average molecular weight is 322 g/mol. The van der Waals surface area contributed by atoms with Crippen LogP contribution in [0.25, 0.3) is 10.9 Å². The van der Waals surface area contributed by atoms with E-state index in [1.165, 1.54) is 11.1 Å². The monoisotopic (exact) mass is 322 g/mol. The molecule has 0 bridgehead atoms. The molecule has 0 unspecified atom stereocenters. The number of phenols is 1. The molecular weight excluding hydrogens is 300 g/mol. The number of rotatable bonds is 5. The maximum absolute atomic E-state index is 12.3. The third kappa shape index (κ3) is 3.59. The summed E-state index contributed by atoms with van der Waals surface area (Å²) in [5, 5.41) is 13.3. The fraction of sp³-hybridized carbons (Fsp3) is 0.250. The number of H-pyrrole nitrogens is 1. The van der Waals surface area contributed by atoms with Crippen molar-refractivity contribution in [3.05, 3.63) is 64.8 Å². The number of hydrogen-bond donors (Lipinski definition) is 3. The van der Waals surface area contributed by atoms with E-state index in [0.29, 0.717) is 12.2 Å². The molecule has 24 heavy (non-hydrogen) atoms. The van der Waals surface area contributed by atoms with E-state index in [-0.39, 0.29) is 11.7 Å². The molecule has 0 fully saturated rings.